The molecule has 0 aliphatic carbocycles. The number of amides is 1. The van der Waals surface area contributed by atoms with Gasteiger partial charge in [-0.1, -0.05) is 0 Å². The number of aromatic nitrogens is 1. The number of ether oxygens (including phenoxy) is 1. The van der Waals surface area contributed by atoms with Gasteiger partial charge in [0.15, 0.2) is 0 Å². The van der Waals surface area contributed by atoms with Gasteiger partial charge in [-0.3, -0.25) is 9.59 Å². The highest BCUT2D eigenvalue weighted by atomic mass is 32.1. The Kier molecular flexibility index (Phi) is 6.53. The Morgan fingerprint density at radius 1 is 1.57 bits per heavy atom. The molecule has 0 saturated carbocycles. The van der Waals surface area contributed by atoms with Crippen LogP contribution >= 0.6 is 11.3 Å². The summed E-state index contributed by atoms with van der Waals surface area (Å²) in [6.07, 6.45) is 4.25. The number of piperidine rings is 1. The first-order valence-corrected chi connectivity index (χ1v) is 8.91. The van der Waals surface area contributed by atoms with Gasteiger partial charge >= 0.3 is 5.97 Å². The molecule has 1 aromatic rings. The molecule has 0 aromatic carbocycles. The van der Waals surface area contributed by atoms with E-state index < -0.39 is 5.97 Å². The van der Waals surface area contributed by atoms with E-state index in [1.165, 1.54) is 11.3 Å². The molecule has 2 atom stereocenters. The van der Waals surface area contributed by atoms with Crippen LogP contribution in [0.25, 0.3) is 0 Å². The van der Waals surface area contributed by atoms with Crippen molar-refractivity contribution < 1.29 is 19.4 Å². The fourth-order valence-electron chi connectivity index (χ4n) is 2.86. The zero-order valence-corrected chi connectivity index (χ0v) is 14.5. The van der Waals surface area contributed by atoms with E-state index in [0.29, 0.717) is 24.4 Å². The maximum Gasteiger partial charge on any atom is 0.303 e. The number of thiazole rings is 1. The van der Waals surface area contributed by atoms with E-state index in [4.69, 9.17) is 9.84 Å². The van der Waals surface area contributed by atoms with Gasteiger partial charge < -0.3 is 14.7 Å². The first-order valence-electron chi connectivity index (χ1n) is 8.09. The molecule has 128 valence electrons. The minimum absolute atomic E-state index is 0.00234. The number of carbonyl (C=O) groups is 2. The Balaban J connectivity index is 1.95. The van der Waals surface area contributed by atoms with Crippen LogP contribution in [0.2, 0.25) is 0 Å². The van der Waals surface area contributed by atoms with Crippen LogP contribution in [0.1, 0.15) is 60.3 Å². The third kappa shape index (κ3) is 5.00. The van der Waals surface area contributed by atoms with E-state index in [9.17, 15) is 9.59 Å². The predicted octanol–water partition coefficient (Wildman–Crippen LogP) is 2.96. The van der Waals surface area contributed by atoms with Crippen LogP contribution in [-0.4, -0.2) is 46.6 Å². The lowest BCUT2D eigenvalue weighted by Gasteiger charge is -2.32. The van der Waals surface area contributed by atoms with E-state index in [-0.39, 0.29) is 24.3 Å². The highest BCUT2D eigenvalue weighted by molar-refractivity contribution is 7.13. The largest absolute Gasteiger partial charge is 0.481 e. The quantitative estimate of drug-likeness (QED) is 0.825. The number of carboxylic acid groups (broad SMARTS) is 1. The Hall–Kier alpha value is -1.47. The number of rotatable bonds is 7. The zero-order valence-electron chi connectivity index (χ0n) is 13.7. The number of hydrogen-bond acceptors (Lipinski definition) is 5. The van der Waals surface area contributed by atoms with Gasteiger partial charge in [0, 0.05) is 26.1 Å². The Morgan fingerprint density at radius 3 is 3.04 bits per heavy atom. The van der Waals surface area contributed by atoms with Crippen molar-refractivity contribution in [3.05, 3.63) is 16.1 Å². The van der Waals surface area contributed by atoms with Gasteiger partial charge in [0.2, 0.25) is 0 Å². The highest BCUT2D eigenvalue weighted by Crippen LogP contribution is 2.26. The van der Waals surface area contributed by atoms with Crippen molar-refractivity contribution in [3.63, 3.8) is 0 Å². The van der Waals surface area contributed by atoms with Gasteiger partial charge in [-0.15, -0.1) is 11.3 Å². The SMILES string of the molecule is CCOC(C)c1ncc(C(=O)N2CCCC(CCC(=O)O)C2)s1. The molecule has 7 heteroatoms. The minimum Gasteiger partial charge on any atom is -0.481 e. The maximum atomic E-state index is 12.6. The fraction of sp³-hybridized carbons (Fsp3) is 0.688. The summed E-state index contributed by atoms with van der Waals surface area (Å²) in [5.41, 5.74) is 0. The second-order valence-electron chi connectivity index (χ2n) is 5.85. The highest BCUT2D eigenvalue weighted by Gasteiger charge is 2.26. The van der Waals surface area contributed by atoms with Crippen molar-refractivity contribution in [2.45, 2.75) is 45.6 Å². The fourth-order valence-corrected chi connectivity index (χ4v) is 3.75. The van der Waals surface area contributed by atoms with Gasteiger partial charge in [0.25, 0.3) is 5.91 Å². The number of carbonyl (C=O) groups excluding carboxylic acids is 1. The van der Waals surface area contributed by atoms with E-state index in [0.717, 1.165) is 24.4 Å². The number of nitrogens with zero attached hydrogens (tertiary/aromatic N) is 2. The lowest BCUT2D eigenvalue weighted by atomic mass is 9.93. The van der Waals surface area contributed by atoms with Crippen molar-refractivity contribution >= 4 is 23.2 Å². The van der Waals surface area contributed by atoms with Crippen LogP contribution in [0.4, 0.5) is 0 Å². The molecular formula is C16H24N2O4S. The summed E-state index contributed by atoms with van der Waals surface area (Å²) >= 11 is 1.38. The number of hydrogen-bond donors (Lipinski definition) is 1. The number of likely N-dealkylation sites (tertiary alicyclic amines) is 1. The second-order valence-corrected chi connectivity index (χ2v) is 6.91. The summed E-state index contributed by atoms with van der Waals surface area (Å²) in [5.74, 6) is -0.499. The van der Waals surface area contributed by atoms with Crippen LogP contribution in [-0.2, 0) is 9.53 Å². The first-order chi connectivity index (χ1) is 11.0. The molecular weight excluding hydrogens is 316 g/mol. The number of carboxylic acids is 1. The van der Waals surface area contributed by atoms with Crippen LogP contribution < -0.4 is 0 Å². The van der Waals surface area contributed by atoms with Gasteiger partial charge in [0.1, 0.15) is 16.0 Å². The lowest BCUT2D eigenvalue weighted by molar-refractivity contribution is -0.137. The molecule has 6 nitrogen and oxygen atoms in total. The van der Waals surface area contributed by atoms with Crippen molar-refractivity contribution in [3.8, 4) is 0 Å². The molecule has 1 amide bonds. The molecule has 0 spiro atoms. The summed E-state index contributed by atoms with van der Waals surface area (Å²) in [7, 11) is 0. The average molecular weight is 340 g/mol. The molecule has 23 heavy (non-hydrogen) atoms. The summed E-state index contributed by atoms with van der Waals surface area (Å²) in [4.78, 5) is 30.1. The van der Waals surface area contributed by atoms with E-state index in [2.05, 4.69) is 4.98 Å². The van der Waals surface area contributed by atoms with Gasteiger partial charge in [-0.25, -0.2) is 4.98 Å². The molecule has 1 fully saturated rings. The molecule has 0 bridgehead atoms. The van der Waals surface area contributed by atoms with Crippen molar-refractivity contribution in [1.29, 1.82) is 0 Å². The Bertz CT molecular complexity index is 546. The molecule has 1 saturated heterocycles. The van der Waals surface area contributed by atoms with Crippen LogP contribution in [0.15, 0.2) is 6.20 Å². The summed E-state index contributed by atoms with van der Waals surface area (Å²) in [6.45, 7) is 5.85. The zero-order chi connectivity index (χ0) is 16.8. The molecule has 0 radical (unpaired) electrons. The topological polar surface area (TPSA) is 79.7 Å². The summed E-state index contributed by atoms with van der Waals surface area (Å²) in [6, 6.07) is 0. The Morgan fingerprint density at radius 2 is 2.35 bits per heavy atom. The van der Waals surface area contributed by atoms with Crippen molar-refractivity contribution in [2.75, 3.05) is 19.7 Å². The first kappa shape index (κ1) is 17.9. The molecule has 1 aliphatic heterocycles. The molecule has 1 aromatic heterocycles. The molecule has 2 heterocycles. The van der Waals surface area contributed by atoms with Crippen molar-refractivity contribution in [2.24, 2.45) is 5.92 Å². The average Bonchev–Trinajstić information content (AvgIpc) is 3.03. The van der Waals surface area contributed by atoms with Gasteiger partial charge in [-0.2, -0.15) is 0 Å². The third-order valence-corrected chi connectivity index (χ3v) is 5.22. The van der Waals surface area contributed by atoms with Gasteiger partial charge in [-0.05, 0) is 39.0 Å². The second kappa shape index (κ2) is 8.40. The summed E-state index contributed by atoms with van der Waals surface area (Å²) < 4.78 is 5.51. The van der Waals surface area contributed by atoms with Crippen molar-refractivity contribution in [1.82, 2.24) is 9.88 Å². The molecule has 1 N–H and O–H groups in total. The van der Waals surface area contributed by atoms with E-state index in [1.54, 1.807) is 6.20 Å². The lowest BCUT2D eigenvalue weighted by Crippen LogP contribution is -2.39. The molecule has 1 aliphatic rings. The molecule has 2 rings (SSSR count). The van der Waals surface area contributed by atoms with Crippen LogP contribution in [0.3, 0.4) is 0 Å². The summed E-state index contributed by atoms with van der Waals surface area (Å²) in [5, 5.41) is 9.61. The van der Waals surface area contributed by atoms with E-state index in [1.807, 2.05) is 18.7 Å². The van der Waals surface area contributed by atoms with Crippen LogP contribution in [0.5, 0.6) is 0 Å². The number of aliphatic carboxylic acids is 1. The predicted molar refractivity (Wildman–Crippen MR) is 87.7 cm³/mol. The third-order valence-electron chi connectivity index (χ3n) is 4.07. The molecule has 2 unspecified atom stereocenters. The van der Waals surface area contributed by atoms with E-state index >= 15 is 0 Å². The minimum atomic E-state index is -0.773. The van der Waals surface area contributed by atoms with Gasteiger partial charge in [0.05, 0.1) is 6.20 Å². The smallest absolute Gasteiger partial charge is 0.303 e. The normalized spacial score (nSPS) is 19.6. The maximum absolute atomic E-state index is 12.6. The monoisotopic (exact) mass is 340 g/mol. The van der Waals surface area contributed by atoms with Crippen LogP contribution in [0, 0.1) is 5.92 Å². The Labute approximate surface area is 140 Å². The standard InChI is InChI=1S/C16H24N2O4S/c1-3-22-11(2)15-17-9-13(23-15)16(21)18-8-4-5-12(10-18)6-7-14(19)20/h9,11-12H,3-8,10H2,1-2H3,(H,19,20).